The standard InChI is InChI=1S/C8H10O4.C5H4O3.C4H6F3NO.C4H6N2O.2C4H5NO2.C3H5N3O.C3H4N2O3.2C3H4N2O2.2C3H4N2OS.C3H4N2O.C3H7NO3S.C3H7NO2.C2H4N4O.C2H4N4.C2H4N2O2S.C2H5NO2.CH4/c1-5(9)3-4-7-6(2)11-8(10)12-7;1-2-3(6)5(8)4(2)7;1-3(9)8-2-4(5,6)7;1-3-2-4(7)6-5-3;1-3-2-4(6)5-7-3;1-3-2-4(6)7-5-3;1-2-4-3(7)6-5-2;1-5-2(6)4-3(7)8-5;1-2-4-5-3(6)7-2;3*1-2-4-3(6)7-5-2;1-3(6)5-2-4;1-3(5)4-8(2,6)7;1-3(5)4-6-2;1-6-2(7)3-4-5-6;1-2-3-5-6-4-2;1-2-3-6-7(5)4-2;1-2(4)3-5;/h3-4H2,1-2H3;6H,1H3;2H2,1H3,(H,8,9);2H,1H3,(H2,5,6,7);2H,1H3,(H,5,6);2H2,1H3;1H3,(H2,4,5,6,7);1H3,(H,4,6,7);1H3,(H,5,6);3*1H3,(H,4,5,6);1H3,(H,5,6);1-2H3,(H,4,5);1-2H3,(H,4,5);1H3,(H,3,5,7);1H3,(H,3,4,5,6);1H3,(H,3,4);5H,1H3,(H,3,4);1H4. The van der Waals surface area contributed by atoms with E-state index < -0.39 is 91.4 Å². The zero-order chi connectivity index (χ0) is 107. The number of carbonyl (C=O) groups excluding carboxylic acids is 7. The number of amidine groups is 1. The number of rotatable bonds is 6. The van der Waals surface area contributed by atoms with Crippen molar-refractivity contribution >= 4 is 97.2 Å². The Hall–Kier alpha value is -17.0. The molecule has 0 radical (unpaired) electrons. The lowest BCUT2D eigenvalue weighted by atomic mass is 10.1. The zero-order valence-electron chi connectivity index (χ0n) is 76.4. The van der Waals surface area contributed by atoms with Crippen molar-refractivity contribution < 1.29 is 110 Å². The Morgan fingerprint density at radius 2 is 1.26 bits per heavy atom. The first-order chi connectivity index (χ1) is 63.9. The van der Waals surface area contributed by atoms with Crippen molar-refractivity contribution in [1.82, 2.24) is 152 Å². The summed E-state index contributed by atoms with van der Waals surface area (Å²) in [7, 11) is 0.934. The lowest BCUT2D eigenvalue weighted by Crippen LogP contribution is -2.32. The van der Waals surface area contributed by atoms with Gasteiger partial charge in [-0.3, -0.25) is 102 Å². The Balaban J connectivity index is -0.000000337. The van der Waals surface area contributed by atoms with Gasteiger partial charge < -0.3 is 47.5 Å². The number of oxime groups is 1. The van der Waals surface area contributed by atoms with Crippen LogP contribution in [0.1, 0.15) is 139 Å². The number of nitrogens with one attached hydrogen (secondary N) is 18. The first kappa shape index (κ1) is 133. The molecule has 1 unspecified atom stereocenters. The van der Waals surface area contributed by atoms with Crippen LogP contribution < -0.4 is 104 Å². The summed E-state index contributed by atoms with van der Waals surface area (Å²) in [5, 5.41) is 73.6. The Bertz CT molecular complexity index is 6140. The Morgan fingerprint density at radius 1 is 0.676 bits per heavy atom. The van der Waals surface area contributed by atoms with Crippen molar-refractivity contribution in [3.63, 3.8) is 0 Å². The number of ketones is 1. The van der Waals surface area contributed by atoms with Crippen LogP contribution in [-0.4, -0.2) is 222 Å². The fourth-order valence-corrected chi connectivity index (χ4v) is 7.85. The molecular formula is C65H100F3N33O34S4. The van der Waals surface area contributed by atoms with Gasteiger partial charge in [-0.15, -0.1) is 19.7 Å². The molecule has 0 spiro atoms. The van der Waals surface area contributed by atoms with E-state index in [4.69, 9.17) is 20.0 Å². The summed E-state index contributed by atoms with van der Waals surface area (Å²) in [5.41, 5.74) is 4.91. The molecule has 14 rings (SSSR count). The summed E-state index contributed by atoms with van der Waals surface area (Å²) < 4.78 is 109. The SMILES string of the molecule is C.CC(=O)CCc1oc(=O)oc1C.CC(=O)NC#N.CC(=O)NCC(F)(F)F.CC(=O)NO.CC(=O)NS(C)(=O)=O.CC1=NOC(=O)C1.CC1=NS(=O)ON1.CONC(C)=O.Cc1c(O)c(=O)c1=O.Cc1cc(=O)[nH][nH]1.Cc1cc(=O)[nH]o1.Cc1n[nH]c(=O)[nH]1.Cc1n[nH]c(=O)o1.Cc1nn[nH]n1.Cc1noc(=O)[nH]1.Cc1nsc(=O)[nH]1.Cc1nsc(=O)[nH]1.Cn1nn[nH]c1=O.Cn1oc(=O)[nH]c1=O. The second-order valence-corrected chi connectivity index (χ2v) is 28.2. The van der Waals surface area contributed by atoms with E-state index in [1.165, 1.54) is 79.6 Å². The molecule has 774 valence electrons. The van der Waals surface area contributed by atoms with Crippen LogP contribution in [0, 0.1) is 80.7 Å². The molecule has 11 aromatic heterocycles. The molecule has 0 saturated heterocycles. The highest BCUT2D eigenvalue weighted by Gasteiger charge is 2.27. The maximum absolute atomic E-state index is 11.2. The molecule has 13 heterocycles. The van der Waals surface area contributed by atoms with Gasteiger partial charge >= 0.3 is 73.3 Å². The van der Waals surface area contributed by atoms with E-state index in [0.717, 1.165) is 64.0 Å². The second kappa shape index (κ2) is 73.5. The van der Waals surface area contributed by atoms with Crippen molar-refractivity contribution in [2.75, 3.05) is 19.9 Å². The molecule has 74 heteroatoms. The van der Waals surface area contributed by atoms with Crippen LogP contribution >= 0.6 is 23.1 Å². The van der Waals surface area contributed by atoms with Crippen molar-refractivity contribution in [1.29, 1.82) is 5.26 Å². The van der Waals surface area contributed by atoms with Crippen molar-refractivity contribution in [3.8, 4) is 11.9 Å². The van der Waals surface area contributed by atoms with E-state index in [1.54, 1.807) is 79.3 Å². The van der Waals surface area contributed by atoms with Crippen molar-refractivity contribution in [3.05, 3.63) is 210 Å². The normalized spacial score (nSPS) is 10.7. The Labute approximate surface area is 784 Å². The Morgan fingerprint density at radius 3 is 1.39 bits per heavy atom. The number of amides is 5. The zero-order valence-corrected chi connectivity index (χ0v) is 79.7. The smallest absolute Gasteiger partial charge is 0.504 e. The minimum atomic E-state index is -4.30. The highest BCUT2D eigenvalue weighted by Crippen LogP contribution is 2.12. The maximum Gasteiger partial charge on any atom is 0.519 e. The number of nitriles is 1. The lowest BCUT2D eigenvalue weighted by Gasteiger charge is -2.04. The molecule has 0 fully saturated rings. The third-order valence-corrected chi connectivity index (χ3v) is 13.9. The molecule has 2 aliphatic heterocycles. The van der Waals surface area contributed by atoms with E-state index >= 15 is 0 Å². The van der Waals surface area contributed by atoms with E-state index in [-0.39, 0.29) is 74.6 Å². The molecule has 0 aliphatic carbocycles. The quantitative estimate of drug-likeness (QED) is 0.0186. The number of hydrogen-bond donors (Lipinski definition) is 20. The van der Waals surface area contributed by atoms with Crippen LogP contribution in [0.25, 0.3) is 0 Å². The van der Waals surface area contributed by atoms with Crippen LogP contribution in [-0.2, 0) is 89.3 Å². The molecule has 67 nitrogen and oxygen atoms in total. The number of H-pyrrole nitrogens is 12. The molecule has 139 heavy (non-hydrogen) atoms. The van der Waals surface area contributed by atoms with Gasteiger partial charge in [0.1, 0.15) is 58.7 Å². The molecule has 1 atom stereocenters. The third kappa shape index (κ3) is 81.5. The van der Waals surface area contributed by atoms with Gasteiger partial charge in [-0.05, 0) is 93.5 Å². The monoisotopic (exact) mass is 2070 g/mol. The third-order valence-electron chi connectivity index (χ3n) is 11.3. The average Bonchev–Trinajstić information content (AvgIpc) is 1.14. The van der Waals surface area contributed by atoms with E-state index in [2.05, 4.69) is 163 Å². The number of nitrogens with zero attached hydrogens (tertiary/aromatic N) is 15. The molecule has 12 aromatic rings. The second-order valence-electron chi connectivity index (χ2n) is 24.2. The van der Waals surface area contributed by atoms with Crippen LogP contribution in [0.2, 0.25) is 0 Å². The highest BCUT2D eigenvalue weighted by molar-refractivity contribution is 7.89. The number of carbonyl (C=O) groups is 7. The number of tetrazole rings is 2. The highest BCUT2D eigenvalue weighted by atomic mass is 32.2. The topological polar surface area (TPSA) is 989 Å². The predicted octanol–water partition coefficient (Wildman–Crippen LogP) is -4.62. The summed E-state index contributed by atoms with van der Waals surface area (Å²) >= 11 is 0.410. The van der Waals surface area contributed by atoms with Gasteiger partial charge in [0.05, 0.1) is 32.5 Å². The number of aryl methyl sites for hydroxylation is 12. The summed E-state index contributed by atoms with van der Waals surface area (Å²) in [5.74, 6) is 0.462. The number of halogens is 3. The van der Waals surface area contributed by atoms with Gasteiger partial charge in [-0.1, -0.05) is 23.0 Å². The van der Waals surface area contributed by atoms with Crippen molar-refractivity contribution in [2.24, 2.45) is 23.6 Å². The number of hydroxylamine groups is 3. The molecule has 1 aromatic carbocycles. The maximum atomic E-state index is 11.2. The number of aromatic nitrogens is 24. The fourth-order valence-electron chi connectivity index (χ4n) is 5.92. The van der Waals surface area contributed by atoms with Gasteiger partial charge in [0.15, 0.2) is 17.8 Å². The molecule has 2 aliphatic rings. The summed E-state index contributed by atoms with van der Waals surface area (Å²) in [6.07, 6.45) is -0.731. The number of sulfonamides is 1. The molecule has 5 amide bonds. The van der Waals surface area contributed by atoms with Gasteiger partial charge in [0, 0.05) is 108 Å². The molecular weight excluding hydrogens is 1970 g/mol. The lowest BCUT2D eigenvalue weighted by molar-refractivity contribution is -0.140. The number of hydrogen-bond acceptors (Lipinski definition) is 49. The van der Waals surface area contributed by atoms with E-state index in [1.807, 2.05) is 17.2 Å². The number of Topliss-reactive ketones (excluding diaryl/α,β-unsaturated/α-hetero) is 1. The Kier molecular flexibility index (Phi) is 70.2. The predicted molar refractivity (Wildman–Crippen MR) is 472 cm³/mol. The number of aromatic hydroxyl groups is 1. The van der Waals surface area contributed by atoms with Crippen LogP contribution in [0.4, 0.5) is 13.2 Å². The van der Waals surface area contributed by atoms with Gasteiger partial charge in [0.2, 0.25) is 50.9 Å². The summed E-state index contributed by atoms with van der Waals surface area (Å²) in [4.78, 5) is 222. The minimum Gasteiger partial charge on any atom is -0.504 e. The molecule has 0 bridgehead atoms. The van der Waals surface area contributed by atoms with Crippen LogP contribution in [0.15, 0.2) is 111 Å². The van der Waals surface area contributed by atoms with Crippen LogP contribution in [0.3, 0.4) is 0 Å². The molecule has 20 N–H and O–H groups in total. The first-order valence-electron chi connectivity index (χ1n) is 36.3. The van der Waals surface area contributed by atoms with E-state index in [9.17, 15) is 122 Å². The summed E-state index contributed by atoms with van der Waals surface area (Å²) in [6, 6.07) is 2.89. The fraction of sp³-hybridized carbons (Fsp3) is 0.431. The average molecular weight is 2070 g/mol. The largest absolute Gasteiger partial charge is 0.519 e. The summed E-state index contributed by atoms with van der Waals surface area (Å²) in [6.45, 7) is 26.5. The van der Waals surface area contributed by atoms with Gasteiger partial charge in [-0.2, -0.15) is 56.4 Å². The van der Waals surface area contributed by atoms with Gasteiger partial charge in [0.25, 0.3) is 16.5 Å². The number of aromatic amines is 12. The number of alkyl halides is 3. The minimum absolute atomic E-state index is 0. The van der Waals surface area contributed by atoms with E-state index in [0.29, 0.717) is 77.4 Å². The van der Waals surface area contributed by atoms with Gasteiger partial charge in [-0.25, -0.2) is 87.7 Å². The first-order valence-corrected chi connectivity index (χ1v) is 40.7. The van der Waals surface area contributed by atoms with Crippen LogP contribution in [0.5, 0.6) is 5.75 Å². The van der Waals surface area contributed by atoms with Crippen molar-refractivity contribution in [2.45, 2.75) is 157 Å². The molecule has 0 saturated carbocycles.